The fourth-order valence-electron chi connectivity index (χ4n) is 2.17. The van der Waals surface area contributed by atoms with Crippen molar-refractivity contribution in [3.8, 4) is 0 Å². The van der Waals surface area contributed by atoms with Crippen molar-refractivity contribution in [2.75, 3.05) is 13.1 Å². The predicted molar refractivity (Wildman–Crippen MR) is 123 cm³/mol. The molecule has 0 aromatic rings. The lowest BCUT2D eigenvalue weighted by molar-refractivity contribution is 0.0295. The van der Waals surface area contributed by atoms with E-state index in [1.54, 1.807) is 4.90 Å². The van der Waals surface area contributed by atoms with Gasteiger partial charge < -0.3 is 9.64 Å². The Labute approximate surface area is 172 Å². The molecular formula is C24H53NO2. The second-order valence-electron chi connectivity index (χ2n) is 8.18. The average molecular weight is 388 g/mol. The molecule has 0 spiro atoms. The minimum Gasteiger partial charge on any atom is -0.444 e. The van der Waals surface area contributed by atoms with Crippen molar-refractivity contribution >= 4 is 6.09 Å². The van der Waals surface area contributed by atoms with Gasteiger partial charge in [0.2, 0.25) is 0 Å². The summed E-state index contributed by atoms with van der Waals surface area (Å²) >= 11 is 0. The van der Waals surface area contributed by atoms with E-state index in [9.17, 15) is 4.79 Å². The monoisotopic (exact) mass is 387 g/mol. The van der Waals surface area contributed by atoms with Crippen LogP contribution >= 0.6 is 0 Å². The van der Waals surface area contributed by atoms with E-state index in [0.717, 1.165) is 31.8 Å². The van der Waals surface area contributed by atoms with Crippen LogP contribution in [0.5, 0.6) is 0 Å². The number of ether oxygens (including phenoxy) is 1. The lowest BCUT2D eigenvalue weighted by Gasteiger charge is -2.23. The summed E-state index contributed by atoms with van der Waals surface area (Å²) in [6, 6.07) is 0. The minimum atomic E-state index is -0.361. The maximum absolute atomic E-state index is 11.4. The first-order valence-corrected chi connectivity index (χ1v) is 11.7. The van der Waals surface area contributed by atoms with Crippen molar-refractivity contribution in [2.24, 2.45) is 5.92 Å². The zero-order chi connectivity index (χ0) is 21.7. The van der Waals surface area contributed by atoms with Crippen LogP contribution in [-0.4, -0.2) is 29.7 Å². The number of hydrogen-bond acceptors (Lipinski definition) is 2. The Morgan fingerprint density at radius 3 is 1.74 bits per heavy atom. The van der Waals surface area contributed by atoms with Crippen LogP contribution in [0.4, 0.5) is 4.79 Å². The number of amides is 1. The summed E-state index contributed by atoms with van der Waals surface area (Å²) in [5.41, 5.74) is -0.361. The number of nitrogens with zero attached hydrogens (tertiary/aromatic N) is 1. The molecule has 0 radical (unpaired) electrons. The van der Waals surface area contributed by atoms with Crippen LogP contribution in [0.3, 0.4) is 0 Å². The van der Waals surface area contributed by atoms with E-state index in [4.69, 9.17) is 4.74 Å². The number of rotatable bonds is 6. The van der Waals surface area contributed by atoms with Crippen LogP contribution in [0.2, 0.25) is 0 Å². The molecule has 0 N–H and O–H groups in total. The quantitative estimate of drug-likeness (QED) is 0.428. The van der Waals surface area contributed by atoms with Gasteiger partial charge in [0.25, 0.3) is 0 Å². The molecule has 0 aromatic carbocycles. The molecule has 1 rings (SSSR count). The lowest BCUT2D eigenvalue weighted by Crippen LogP contribution is -2.34. The van der Waals surface area contributed by atoms with Crippen LogP contribution in [0.15, 0.2) is 0 Å². The smallest absolute Gasteiger partial charge is 0.410 e. The molecule has 0 aliphatic carbocycles. The Morgan fingerprint density at radius 1 is 0.926 bits per heavy atom. The standard InChI is InChI=1S/C9H17NO2.C9H20.C4H10.C2H6/c1-9(2,3)12-8(11)10-6-4-5-7-10;1-4-6-7-8-9(3)5-2;1-3-4-2;1-2/h4-7H2,1-3H3;9H,4-8H2,1-3H3;3-4H2,1-2H3;1-2H3/t;9-;;/m.1../s1. The van der Waals surface area contributed by atoms with Gasteiger partial charge >= 0.3 is 6.09 Å². The fourth-order valence-corrected chi connectivity index (χ4v) is 2.17. The highest BCUT2D eigenvalue weighted by Gasteiger charge is 2.23. The van der Waals surface area contributed by atoms with Crippen molar-refractivity contribution in [1.29, 1.82) is 0 Å². The normalized spacial score (nSPS) is 13.9. The number of carbonyl (C=O) groups excluding carboxylic acids is 1. The van der Waals surface area contributed by atoms with Gasteiger partial charge in [0.15, 0.2) is 0 Å². The number of unbranched alkanes of at least 4 members (excludes halogenated alkanes) is 3. The summed E-state index contributed by atoms with van der Waals surface area (Å²) in [6.07, 6.45) is 11.7. The maximum Gasteiger partial charge on any atom is 0.410 e. The molecule has 0 bridgehead atoms. The molecular weight excluding hydrogens is 334 g/mol. The number of hydrogen-bond donors (Lipinski definition) is 0. The van der Waals surface area contributed by atoms with Crippen LogP contribution in [-0.2, 0) is 4.74 Å². The maximum atomic E-state index is 11.4. The zero-order valence-corrected chi connectivity index (χ0v) is 20.6. The molecule has 0 unspecified atom stereocenters. The highest BCUT2D eigenvalue weighted by molar-refractivity contribution is 5.68. The third-order valence-corrected chi connectivity index (χ3v) is 4.26. The SMILES string of the molecule is CC.CC(C)(C)OC(=O)N1CCCC1.CCCC.CCCCC[C@H](C)CC. The van der Waals surface area contributed by atoms with Crippen LogP contribution in [0.25, 0.3) is 0 Å². The molecule has 1 fully saturated rings. The first-order valence-electron chi connectivity index (χ1n) is 11.7. The van der Waals surface area contributed by atoms with Crippen LogP contribution in [0.1, 0.15) is 127 Å². The van der Waals surface area contributed by atoms with E-state index in [-0.39, 0.29) is 11.7 Å². The summed E-state index contributed by atoms with van der Waals surface area (Å²) in [7, 11) is 0. The molecule has 3 heteroatoms. The van der Waals surface area contributed by atoms with E-state index in [0.29, 0.717) is 0 Å². The Hall–Kier alpha value is -0.730. The molecule has 1 amide bonds. The Bertz CT molecular complexity index is 289. The Morgan fingerprint density at radius 2 is 1.41 bits per heavy atom. The van der Waals surface area contributed by atoms with E-state index >= 15 is 0 Å². The fraction of sp³-hybridized carbons (Fsp3) is 0.958. The molecule has 1 saturated heterocycles. The molecule has 1 aliphatic rings. The molecule has 0 aromatic heterocycles. The summed E-state index contributed by atoms with van der Waals surface area (Å²) in [4.78, 5) is 13.1. The largest absolute Gasteiger partial charge is 0.444 e. The topological polar surface area (TPSA) is 29.5 Å². The Balaban J connectivity index is -0.000000340. The third kappa shape index (κ3) is 25.3. The van der Waals surface area contributed by atoms with E-state index in [1.165, 1.54) is 44.9 Å². The number of likely N-dealkylation sites (tertiary alicyclic amines) is 1. The average Bonchev–Trinajstić information content (AvgIpc) is 3.18. The summed E-state index contributed by atoms with van der Waals surface area (Å²) in [5, 5.41) is 0. The van der Waals surface area contributed by atoms with Crippen LogP contribution < -0.4 is 0 Å². The van der Waals surface area contributed by atoms with Gasteiger partial charge in [-0.05, 0) is 39.5 Å². The van der Waals surface area contributed by atoms with Crippen molar-refractivity contribution in [1.82, 2.24) is 4.90 Å². The first kappa shape index (κ1) is 31.0. The zero-order valence-electron chi connectivity index (χ0n) is 20.6. The summed E-state index contributed by atoms with van der Waals surface area (Å²) in [5.74, 6) is 0.955. The summed E-state index contributed by atoms with van der Waals surface area (Å²) in [6.45, 7) is 22.6. The molecule has 166 valence electrons. The van der Waals surface area contributed by atoms with Crippen molar-refractivity contribution in [3.05, 3.63) is 0 Å². The van der Waals surface area contributed by atoms with E-state index < -0.39 is 0 Å². The molecule has 0 saturated carbocycles. The first-order chi connectivity index (χ1) is 12.7. The molecule has 1 heterocycles. The van der Waals surface area contributed by atoms with Crippen molar-refractivity contribution in [2.45, 2.75) is 133 Å². The van der Waals surface area contributed by atoms with Gasteiger partial charge in [0.1, 0.15) is 5.60 Å². The van der Waals surface area contributed by atoms with Gasteiger partial charge in [-0.2, -0.15) is 0 Å². The van der Waals surface area contributed by atoms with Gasteiger partial charge in [0.05, 0.1) is 0 Å². The molecule has 3 nitrogen and oxygen atoms in total. The van der Waals surface area contributed by atoms with Crippen molar-refractivity contribution in [3.63, 3.8) is 0 Å². The second kappa shape index (κ2) is 21.6. The second-order valence-corrected chi connectivity index (χ2v) is 8.18. The minimum absolute atomic E-state index is 0.167. The lowest BCUT2D eigenvalue weighted by atomic mass is 10.0. The molecule has 1 atom stereocenters. The molecule has 27 heavy (non-hydrogen) atoms. The molecule has 1 aliphatic heterocycles. The van der Waals surface area contributed by atoms with Gasteiger partial charge in [-0.3, -0.25) is 0 Å². The third-order valence-electron chi connectivity index (χ3n) is 4.26. The van der Waals surface area contributed by atoms with Gasteiger partial charge in [-0.25, -0.2) is 4.79 Å². The van der Waals surface area contributed by atoms with E-state index in [2.05, 4.69) is 34.6 Å². The van der Waals surface area contributed by atoms with E-state index in [1.807, 2.05) is 34.6 Å². The highest BCUT2D eigenvalue weighted by Crippen LogP contribution is 2.14. The number of carbonyl (C=O) groups is 1. The van der Waals surface area contributed by atoms with Crippen LogP contribution in [0, 0.1) is 5.92 Å². The summed E-state index contributed by atoms with van der Waals surface area (Å²) < 4.78 is 5.21. The highest BCUT2D eigenvalue weighted by atomic mass is 16.6. The van der Waals surface area contributed by atoms with Gasteiger partial charge in [-0.1, -0.05) is 93.4 Å². The Kier molecular flexibility index (Phi) is 24.7. The van der Waals surface area contributed by atoms with Gasteiger partial charge in [-0.15, -0.1) is 0 Å². The van der Waals surface area contributed by atoms with Crippen molar-refractivity contribution < 1.29 is 9.53 Å². The predicted octanol–water partition coefficient (Wildman–Crippen LogP) is 8.46. The van der Waals surface area contributed by atoms with Gasteiger partial charge in [0, 0.05) is 13.1 Å².